The second kappa shape index (κ2) is 10.1. The van der Waals surface area contributed by atoms with E-state index in [0.29, 0.717) is 25.5 Å². The van der Waals surface area contributed by atoms with Gasteiger partial charge in [0.15, 0.2) is 0 Å². The number of likely N-dealkylation sites (tertiary alicyclic amines) is 1. The Labute approximate surface area is 188 Å². The predicted octanol–water partition coefficient (Wildman–Crippen LogP) is 2.53. The lowest BCUT2D eigenvalue weighted by atomic mass is 9.96. The molecule has 1 N–H and O–H groups in total. The third-order valence-corrected chi connectivity index (χ3v) is 6.30. The van der Waals surface area contributed by atoms with E-state index in [9.17, 15) is 14.0 Å². The minimum Gasteiger partial charge on any atom is -0.368 e. The highest BCUT2D eigenvalue weighted by atomic mass is 19.1. The number of amides is 2. The molecule has 2 aliphatic heterocycles. The van der Waals surface area contributed by atoms with Gasteiger partial charge in [0.25, 0.3) is 0 Å². The van der Waals surface area contributed by atoms with Crippen LogP contribution in [-0.4, -0.2) is 72.4 Å². The molecule has 0 spiro atoms. The summed E-state index contributed by atoms with van der Waals surface area (Å²) in [6.07, 6.45) is 3.22. The molecule has 1 aromatic carbocycles. The maximum absolute atomic E-state index is 13.1. The fourth-order valence-corrected chi connectivity index (χ4v) is 4.28. The quantitative estimate of drug-likeness (QED) is 0.776. The van der Waals surface area contributed by atoms with E-state index in [-0.39, 0.29) is 23.5 Å². The van der Waals surface area contributed by atoms with E-state index in [1.807, 2.05) is 24.0 Å². The van der Waals surface area contributed by atoms with Crippen molar-refractivity contribution in [3.63, 3.8) is 0 Å². The van der Waals surface area contributed by atoms with Crippen molar-refractivity contribution in [2.24, 2.45) is 5.92 Å². The number of hydrogen-bond donors (Lipinski definition) is 1. The third kappa shape index (κ3) is 5.62. The molecule has 4 rings (SSSR count). The zero-order chi connectivity index (χ0) is 22.5. The second-order valence-electron chi connectivity index (χ2n) is 8.60. The fourth-order valence-electron chi connectivity index (χ4n) is 4.28. The number of pyridine rings is 1. The Kier molecular flexibility index (Phi) is 6.99. The predicted molar refractivity (Wildman–Crippen MR) is 122 cm³/mol. The molecule has 2 aliphatic rings. The van der Waals surface area contributed by atoms with Crippen molar-refractivity contribution in [3.05, 3.63) is 54.0 Å². The van der Waals surface area contributed by atoms with Gasteiger partial charge in [0.05, 0.1) is 6.54 Å². The van der Waals surface area contributed by atoms with E-state index >= 15 is 0 Å². The second-order valence-corrected chi connectivity index (χ2v) is 8.60. The van der Waals surface area contributed by atoms with Crippen LogP contribution in [0.5, 0.6) is 0 Å². The van der Waals surface area contributed by atoms with Gasteiger partial charge >= 0.3 is 0 Å². The molecule has 0 bridgehead atoms. The number of piperidine rings is 1. The van der Waals surface area contributed by atoms with Crippen LogP contribution in [0.3, 0.4) is 0 Å². The lowest BCUT2D eigenvalue weighted by molar-refractivity contribution is -0.133. The summed E-state index contributed by atoms with van der Waals surface area (Å²) < 4.78 is 13.1. The summed E-state index contributed by atoms with van der Waals surface area (Å²) in [5, 5.41) is 2.90. The molecule has 2 saturated heterocycles. The van der Waals surface area contributed by atoms with Crippen LogP contribution in [-0.2, 0) is 9.59 Å². The summed E-state index contributed by atoms with van der Waals surface area (Å²) >= 11 is 0. The van der Waals surface area contributed by atoms with Crippen LogP contribution in [0.4, 0.5) is 15.9 Å². The number of hydrogen-bond acceptors (Lipinski definition) is 5. The number of nitrogens with zero attached hydrogens (tertiary/aromatic N) is 4. The first-order valence-electron chi connectivity index (χ1n) is 11.2. The molecule has 2 amide bonds. The van der Waals surface area contributed by atoms with Crippen LogP contribution >= 0.6 is 0 Å². The Morgan fingerprint density at radius 1 is 1.00 bits per heavy atom. The molecule has 0 saturated carbocycles. The van der Waals surface area contributed by atoms with E-state index < -0.39 is 0 Å². The van der Waals surface area contributed by atoms with Gasteiger partial charge in [0.1, 0.15) is 11.6 Å². The third-order valence-electron chi connectivity index (χ3n) is 6.30. The summed E-state index contributed by atoms with van der Waals surface area (Å²) in [5.74, 6) is 0.428. The summed E-state index contributed by atoms with van der Waals surface area (Å²) in [7, 11) is 0. The number of benzene rings is 1. The highest BCUT2D eigenvalue weighted by Gasteiger charge is 2.28. The molecule has 0 aliphatic carbocycles. The lowest BCUT2D eigenvalue weighted by Crippen LogP contribution is -2.52. The van der Waals surface area contributed by atoms with Crippen LogP contribution in [0, 0.1) is 18.7 Å². The average molecular weight is 440 g/mol. The van der Waals surface area contributed by atoms with Gasteiger partial charge in [-0.2, -0.15) is 0 Å². The number of aromatic nitrogens is 1. The topological polar surface area (TPSA) is 68.8 Å². The maximum atomic E-state index is 13.1. The SMILES string of the molecule is Cc1ccc(NC(=O)C2CCN(CC(=O)N3CCN(c4ccc(F)cc4)CC3)CC2)nc1. The Bertz CT molecular complexity index is 918. The number of piperazine rings is 1. The molecule has 3 heterocycles. The van der Waals surface area contributed by atoms with Gasteiger partial charge in [-0.05, 0) is 68.8 Å². The lowest BCUT2D eigenvalue weighted by Gasteiger charge is -2.38. The molecule has 0 atom stereocenters. The Balaban J connectivity index is 1.19. The Morgan fingerprint density at radius 2 is 1.69 bits per heavy atom. The molecule has 170 valence electrons. The molecule has 1 aromatic heterocycles. The number of nitrogens with one attached hydrogen (secondary N) is 1. The van der Waals surface area contributed by atoms with Crippen molar-refractivity contribution in [2.75, 3.05) is 56.0 Å². The van der Waals surface area contributed by atoms with Crippen molar-refractivity contribution < 1.29 is 14.0 Å². The first-order valence-corrected chi connectivity index (χ1v) is 11.2. The van der Waals surface area contributed by atoms with Gasteiger partial charge in [-0.15, -0.1) is 0 Å². The smallest absolute Gasteiger partial charge is 0.236 e. The monoisotopic (exact) mass is 439 g/mol. The van der Waals surface area contributed by atoms with Crippen LogP contribution < -0.4 is 10.2 Å². The minimum absolute atomic E-state index is 0.00393. The number of aryl methyl sites for hydroxylation is 1. The number of rotatable bonds is 5. The first-order chi connectivity index (χ1) is 15.5. The van der Waals surface area contributed by atoms with Crippen molar-refractivity contribution in [2.45, 2.75) is 19.8 Å². The number of anilines is 2. The van der Waals surface area contributed by atoms with E-state index in [1.165, 1.54) is 12.1 Å². The van der Waals surface area contributed by atoms with Crippen LogP contribution in [0.2, 0.25) is 0 Å². The standard InChI is InChI=1S/C24H30FN5O2/c1-18-2-7-22(26-16-18)27-24(32)19-8-10-28(11-9-19)17-23(31)30-14-12-29(13-15-30)21-5-3-20(25)4-6-21/h2-7,16,19H,8-15,17H2,1H3,(H,26,27,32). The van der Waals surface area contributed by atoms with Crippen molar-refractivity contribution in [1.82, 2.24) is 14.8 Å². The van der Waals surface area contributed by atoms with E-state index in [1.54, 1.807) is 18.3 Å². The molecular weight excluding hydrogens is 409 g/mol. The molecule has 2 fully saturated rings. The van der Waals surface area contributed by atoms with Crippen molar-refractivity contribution in [3.8, 4) is 0 Å². The van der Waals surface area contributed by atoms with Gasteiger partial charge in [-0.1, -0.05) is 6.07 Å². The van der Waals surface area contributed by atoms with Crippen molar-refractivity contribution >= 4 is 23.3 Å². The Hall–Kier alpha value is -3.00. The summed E-state index contributed by atoms with van der Waals surface area (Å²) in [4.78, 5) is 35.7. The van der Waals surface area contributed by atoms with Gasteiger partial charge in [-0.25, -0.2) is 9.37 Å². The zero-order valence-corrected chi connectivity index (χ0v) is 18.5. The summed E-state index contributed by atoms with van der Waals surface area (Å²) in [5.41, 5.74) is 2.04. The summed E-state index contributed by atoms with van der Waals surface area (Å²) in [6.45, 7) is 6.64. The van der Waals surface area contributed by atoms with Gasteiger partial charge in [0, 0.05) is 44.0 Å². The van der Waals surface area contributed by atoms with E-state index in [4.69, 9.17) is 0 Å². The van der Waals surface area contributed by atoms with Crippen LogP contribution in [0.15, 0.2) is 42.6 Å². The van der Waals surface area contributed by atoms with Gasteiger partial charge < -0.3 is 15.1 Å². The van der Waals surface area contributed by atoms with E-state index in [2.05, 4.69) is 20.1 Å². The summed E-state index contributed by atoms with van der Waals surface area (Å²) in [6, 6.07) is 10.2. The fraction of sp³-hybridized carbons (Fsp3) is 0.458. The van der Waals surface area contributed by atoms with Crippen LogP contribution in [0.25, 0.3) is 0 Å². The molecule has 32 heavy (non-hydrogen) atoms. The van der Waals surface area contributed by atoms with Gasteiger partial charge in [-0.3, -0.25) is 14.5 Å². The van der Waals surface area contributed by atoms with E-state index in [0.717, 1.165) is 50.3 Å². The molecule has 0 unspecified atom stereocenters. The Morgan fingerprint density at radius 3 is 2.31 bits per heavy atom. The highest BCUT2D eigenvalue weighted by molar-refractivity contribution is 5.91. The van der Waals surface area contributed by atoms with Crippen molar-refractivity contribution in [1.29, 1.82) is 0 Å². The van der Waals surface area contributed by atoms with Crippen LogP contribution in [0.1, 0.15) is 18.4 Å². The molecular formula is C24H30FN5O2. The zero-order valence-electron chi connectivity index (χ0n) is 18.5. The number of carbonyl (C=O) groups excluding carboxylic acids is 2. The molecule has 0 radical (unpaired) electrons. The average Bonchev–Trinajstić information content (AvgIpc) is 2.81. The van der Waals surface area contributed by atoms with Gasteiger partial charge in [0.2, 0.25) is 11.8 Å². The maximum Gasteiger partial charge on any atom is 0.236 e. The minimum atomic E-state index is -0.240. The molecule has 2 aromatic rings. The number of halogens is 1. The molecule has 8 heteroatoms. The molecule has 7 nitrogen and oxygen atoms in total. The highest BCUT2D eigenvalue weighted by Crippen LogP contribution is 2.20. The number of carbonyl (C=O) groups is 2. The largest absolute Gasteiger partial charge is 0.368 e. The normalized spacial score (nSPS) is 17.9. The first kappa shape index (κ1) is 22.2.